The van der Waals surface area contributed by atoms with Gasteiger partial charge >= 0.3 is 5.63 Å². The highest BCUT2D eigenvalue weighted by atomic mass is 19.1. The fraction of sp³-hybridized carbons (Fsp3) is 0.304. The van der Waals surface area contributed by atoms with E-state index in [1.165, 1.54) is 30.3 Å². The van der Waals surface area contributed by atoms with Crippen LogP contribution in [0.5, 0.6) is 5.75 Å². The van der Waals surface area contributed by atoms with Crippen LogP contribution in [0.4, 0.5) is 4.39 Å². The van der Waals surface area contributed by atoms with E-state index < -0.39 is 5.63 Å². The molecule has 0 radical (unpaired) electrons. The first-order chi connectivity index (χ1) is 14.4. The van der Waals surface area contributed by atoms with Crippen molar-refractivity contribution in [1.29, 1.82) is 0 Å². The van der Waals surface area contributed by atoms with Crippen molar-refractivity contribution in [2.45, 2.75) is 32.4 Å². The molecule has 2 heterocycles. The minimum Gasteiger partial charge on any atom is -0.508 e. The van der Waals surface area contributed by atoms with E-state index in [9.17, 15) is 19.1 Å². The lowest BCUT2D eigenvalue weighted by molar-refractivity contribution is 0.0909. The zero-order chi connectivity index (χ0) is 21.3. The quantitative estimate of drug-likeness (QED) is 0.645. The minimum atomic E-state index is -0.437. The molecule has 0 spiro atoms. The largest absolute Gasteiger partial charge is 0.508 e. The maximum absolute atomic E-state index is 13.0. The molecule has 4 rings (SSSR count). The summed E-state index contributed by atoms with van der Waals surface area (Å²) in [7, 11) is 0. The summed E-state index contributed by atoms with van der Waals surface area (Å²) in [5.41, 5.74) is 1.83. The molecule has 0 bridgehead atoms. The van der Waals surface area contributed by atoms with E-state index in [0.717, 1.165) is 36.9 Å². The van der Waals surface area contributed by atoms with Gasteiger partial charge in [-0.3, -0.25) is 9.69 Å². The normalized spacial score (nSPS) is 15.4. The molecule has 156 valence electrons. The standard InChI is InChI=1S/C23H23FN2O4/c1-14-20(27)7-6-19-16(12-21(28)30-22(14)19)13-26-10-8-18(9-11-26)25-23(29)15-2-4-17(24)5-3-15/h2-7,12,18,27H,8-11,13H2,1H3,(H,25,29). The topological polar surface area (TPSA) is 82.8 Å². The number of benzene rings is 2. The molecule has 2 aromatic carbocycles. The molecule has 7 heteroatoms. The van der Waals surface area contributed by atoms with E-state index in [4.69, 9.17) is 4.42 Å². The lowest BCUT2D eigenvalue weighted by Gasteiger charge is -2.32. The van der Waals surface area contributed by atoms with Crippen LogP contribution in [0.2, 0.25) is 0 Å². The van der Waals surface area contributed by atoms with E-state index in [1.807, 2.05) is 0 Å². The molecule has 1 fully saturated rings. The molecule has 0 atom stereocenters. The van der Waals surface area contributed by atoms with Crippen molar-refractivity contribution in [2.24, 2.45) is 0 Å². The number of likely N-dealkylation sites (tertiary alicyclic amines) is 1. The number of hydrogen-bond donors (Lipinski definition) is 2. The molecule has 6 nitrogen and oxygen atoms in total. The fourth-order valence-electron chi connectivity index (χ4n) is 3.89. The molecule has 2 N–H and O–H groups in total. The van der Waals surface area contributed by atoms with Gasteiger partial charge in [0, 0.05) is 48.3 Å². The number of nitrogens with zero attached hydrogens (tertiary/aromatic N) is 1. The van der Waals surface area contributed by atoms with Gasteiger partial charge in [0.2, 0.25) is 0 Å². The average molecular weight is 410 g/mol. The third-order valence-electron chi connectivity index (χ3n) is 5.64. The van der Waals surface area contributed by atoms with Crippen LogP contribution in [0.3, 0.4) is 0 Å². The third kappa shape index (κ3) is 4.21. The summed E-state index contributed by atoms with van der Waals surface area (Å²) in [4.78, 5) is 26.6. The molecule has 0 saturated carbocycles. The van der Waals surface area contributed by atoms with E-state index in [2.05, 4.69) is 10.2 Å². The fourth-order valence-corrected chi connectivity index (χ4v) is 3.89. The molecule has 1 aliphatic rings. The Morgan fingerprint density at radius 3 is 2.60 bits per heavy atom. The van der Waals surface area contributed by atoms with Gasteiger partial charge in [0.25, 0.3) is 5.91 Å². The number of nitrogens with one attached hydrogen (secondary N) is 1. The van der Waals surface area contributed by atoms with E-state index >= 15 is 0 Å². The highest BCUT2D eigenvalue weighted by Gasteiger charge is 2.22. The van der Waals surface area contributed by atoms with E-state index in [1.54, 1.807) is 19.1 Å². The summed E-state index contributed by atoms with van der Waals surface area (Å²) in [5, 5.41) is 13.7. The molecule has 0 aliphatic carbocycles. The van der Waals surface area contributed by atoms with Gasteiger partial charge in [-0.15, -0.1) is 0 Å². The number of fused-ring (bicyclic) bond motifs is 1. The summed E-state index contributed by atoms with van der Waals surface area (Å²) in [6.45, 7) is 3.85. The van der Waals surface area contributed by atoms with Crippen LogP contribution >= 0.6 is 0 Å². The maximum Gasteiger partial charge on any atom is 0.336 e. The number of halogens is 1. The number of aromatic hydroxyl groups is 1. The summed E-state index contributed by atoms with van der Waals surface area (Å²) in [6.07, 6.45) is 1.57. The van der Waals surface area contributed by atoms with Crippen LogP contribution in [-0.2, 0) is 6.54 Å². The zero-order valence-electron chi connectivity index (χ0n) is 16.7. The van der Waals surface area contributed by atoms with Gasteiger partial charge in [-0.2, -0.15) is 0 Å². The number of hydrogen-bond acceptors (Lipinski definition) is 5. The van der Waals surface area contributed by atoms with Gasteiger partial charge in [0.1, 0.15) is 17.1 Å². The van der Waals surface area contributed by atoms with Crippen molar-refractivity contribution in [3.05, 3.63) is 75.4 Å². The van der Waals surface area contributed by atoms with Crippen molar-refractivity contribution in [3.8, 4) is 5.75 Å². The van der Waals surface area contributed by atoms with Crippen LogP contribution in [0.1, 0.15) is 34.3 Å². The SMILES string of the molecule is Cc1c(O)ccc2c(CN3CCC(NC(=O)c4ccc(F)cc4)CC3)cc(=O)oc12. The second-order valence-corrected chi connectivity index (χ2v) is 7.71. The van der Waals surface area contributed by atoms with Gasteiger partial charge in [-0.25, -0.2) is 9.18 Å². The van der Waals surface area contributed by atoms with E-state index in [-0.39, 0.29) is 23.5 Å². The van der Waals surface area contributed by atoms with Gasteiger partial charge in [0.05, 0.1) is 0 Å². The Kier molecular flexibility index (Phi) is 5.55. The average Bonchev–Trinajstić information content (AvgIpc) is 2.73. The Balaban J connectivity index is 1.40. The van der Waals surface area contributed by atoms with Crippen LogP contribution < -0.4 is 10.9 Å². The van der Waals surface area contributed by atoms with Gasteiger partial charge in [0.15, 0.2) is 0 Å². The van der Waals surface area contributed by atoms with Crippen LogP contribution in [0.15, 0.2) is 51.7 Å². The number of phenolic OH excluding ortho intramolecular Hbond substituents is 1. The highest BCUT2D eigenvalue weighted by Crippen LogP contribution is 2.28. The smallest absolute Gasteiger partial charge is 0.336 e. The predicted octanol–water partition coefficient (Wildman–Crippen LogP) is 3.34. The van der Waals surface area contributed by atoms with Crippen LogP contribution in [0, 0.1) is 12.7 Å². The first kappa shape index (κ1) is 20.1. The van der Waals surface area contributed by atoms with Crippen molar-refractivity contribution in [2.75, 3.05) is 13.1 Å². The number of piperidine rings is 1. The van der Waals surface area contributed by atoms with Crippen molar-refractivity contribution >= 4 is 16.9 Å². The van der Waals surface area contributed by atoms with Crippen LogP contribution in [-0.4, -0.2) is 35.0 Å². The third-order valence-corrected chi connectivity index (χ3v) is 5.64. The van der Waals surface area contributed by atoms with Gasteiger partial charge in [-0.05, 0) is 61.7 Å². The molecule has 3 aromatic rings. The van der Waals surface area contributed by atoms with Crippen molar-refractivity contribution in [3.63, 3.8) is 0 Å². The number of carbonyl (C=O) groups excluding carboxylic acids is 1. The van der Waals surface area contributed by atoms with E-state index in [0.29, 0.717) is 23.3 Å². The van der Waals surface area contributed by atoms with Crippen molar-refractivity contribution < 1.29 is 18.7 Å². The molecule has 1 aliphatic heterocycles. The summed E-state index contributed by atoms with van der Waals surface area (Å²) in [6, 6.07) is 10.4. The second-order valence-electron chi connectivity index (χ2n) is 7.71. The number of carbonyl (C=O) groups is 1. The Hall–Kier alpha value is -3.19. The molecule has 1 saturated heterocycles. The number of amides is 1. The Labute approximate surface area is 172 Å². The van der Waals surface area contributed by atoms with Crippen LogP contribution in [0.25, 0.3) is 11.0 Å². The molecule has 0 unspecified atom stereocenters. The van der Waals surface area contributed by atoms with Gasteiger partial charge < -0.3 is 14.8 Å². The van der Waals surface area contributed by atoms with Gasteiger partial charge in [-0.1, -0.05) is 0 Å². The summed E-state index contributed by atoms with van der Waals surface area (Å²) in [5.74, 6) is -0.469. The Morgan fingerprint density at radius 1 is 1.20 bits per heavy atom. The highest BCUT2D eigenvalue weighted by molar-refractivity contribution is 5.94. The number of aryl methyl sites for hydroxylation is 1. The number of phenols is 1. The first-order valence-electron chi connectivity index (χ1n) is 9.95. The Bertz CT molecular complexity index is 1130. The lowest BCUT2D eigenvalue weighted by atomic mass is 10.0. The molecular formula is C23H23FN2O4. The zero-order valence-corrected chi connectivity index (χ0v) is 16.7. The molecular weight excluding hydrogens is 387 g/mol. The monoisotopic (exact) mass is 410 g/mol. The van der Waals surface area contributed by atoms with Crippen molar-refractivity contribution in [1.82, 2.24) is 10.2 Å². The summed E-state index contributed by atoms with van der Waals surface area (Å²) < 4.78 is 18.3. The predicted molar refractivity (Wildman–Crippen MR) is 111 cm³/mol. The maximum atomic E-state index is 13.0. The molecule has 30 heavy (non-hydrogen) atoms. The number of rotatable bonds is 4. The first-order valence-corrected chi connectivity index (χ1v) is 9.95. The summed E-state index contributed by atoms with van der Waals surface area (Å²) >= 11 is 0. The Morgan fingerprint density at radius 2 is 1.90 bits per heavy atom. The minimum absolute atomic E-state index is 0.0515. The molecule has 1 aromatic heterocycles. The lowest BCUT2D eigenvalue weighted by Crippen LogP contribution is -2.44. The molecule has 1 amide bonds. The second kappa shape index (κ2) is 8.28.